The minimum absolute atomic E-state index is 0.00620. The van der Waals surface area contributed by atoms with Gasteiger partial charge in [-0.15, -0.1) is 0 Å². The van der Waals surface area contributed by atoms with Crippen LogP contribution < -0.4 is 5.32 Å². The molecule has 0 radical (unpaired) electrons. The topological polar surface area (TPSA) is 50.3 Å². The van der Waals surface area contributed by atoms with Crippen molar-refractivity contribution in [2.24, 2.45) is 0 Å². The summed E-state index contributed by atoms with van der Waals surface area (Å²) in [7, 11) is 1.91. The van der Waals surface area contributed by atoms with Crippen LogP contribution in [0.1, 0.15) is 43.5 Å². The minimum atomic E-state index is -0.00620. The maximum absolute atomic E-state index is 5.88. The fraction of sp³-hybridized carbons (Fsp3) is 0.733. The molecule has 0 aromatic carbocycles. The van der Waals surface area contributed by atoms with Crippen LogP contribution in [0.15, 0.2) is 0 Å². The summed E-state index contributed by atoms with van der Waals surface area (Å²) in [6.45, 7) is 10.2. The molecule has 1 aliphatic rings. The predicted octanol–water partition coefficient (Wildman–Crippen LogP) is 2.17. The van der Waals surface area contributed by atoms with E-state index in [0.717, 1.165) is 55.6 Å². The third-order valence-electron chi connectivity index (χ3n) is 3.81. The molecule has 1 aromatic heterocycles. The van der Waals surface area contributed by atoms with E-state index < -0.39 is 0 Å². The highest BCUT2D eigenvalue weighted by Crippen LogP contribution is 2.23. The lowest BCUT2D eigenvalue weighted by molar-refractivity contribution is -0.0342. The zero-order chi connectivity index (χ0) is 14.5. The molecule has 1 aromatic rings. The molecule has 1 atom stereocenters. The number of morpholine rings is 1. The molecule has 0 saturated carbocycles. The molecule has 2 heterocycles. The van der Waals surface area contributed by atoms with Crippen LogP contribution in [0.25, 0.3) is 0 Å². The Morgan fingerprint density at radius 2 is 2.15 bits per heavy atom. The van der Waals surface area contributed by atoms with Gasteiger partial charge in [0.1, 0.15) is 11.9 Å². The van der Waals surface area contributed by atoms with Crippen molar-refractivity contribution in [1.29, 1.82) is 0 Å². The van der Waals surface area contributed by atoms with E-state index in [-0.39, 0.29) is 6.10 Å². The Morgan fingerprint density at radius 3 is 2.80 bits per heavy atom. The number of nitrogens with zero attached hydrogens (tertiary/aromatic N) is 3. The summed E-state index contributed by atoms with van der Waals surface area (Å²) in [5.74, 6) is 1.74. The molecule has 1 N–H and O–H groups in total. The zero-order valence-electron chi connectivity index (χ0n) is 13.1. The third-order valence-corrected chi connectivity index (χ3v) is 3.81. The van der Waals surface area contributed by atoms with Crippen LogP contribution in [0.3, 0.4) is 0 Å². The number of aryl methyl sites for hydroxylation is 1. The van der Waals surface area contributed by atoms with Crippen molar-refractivity contribution in [3.8, 4) is 0 Å². The van der Waals surface area contributed by atoms with Gasteiger partial charge in [-0.1, -0.05) is 13.8 Å². The molecule has 0 amide bonds. The monoisotopic (exact) mass is 278 g/mol. The maximum Gasteiger partial charge on any atom is 0.161 e. The van der Waals surface area contributed by atoms with Gasteiger partial charge in [0.2, 0.25) is 0 Å². The molecule has 20 heavy (non-hydrogen) atoms. The molecule has 0 bridgehead atoms. The molecule has 0 spiro atoms. The third kappa shape index (κ3) is 3.27. The van der Waals surface area contributed by atoms with E-state index in [2.05, 4.69) is 36.0 Å². The number of hydrogen-bond donors (Lipinski definition) is 1. The van der Waals surface area contributed by atoms with Gasteiger partial charge in [0.25, 0.3) is 0 Å². The molecule has 2 rings (SSSR count). The van der Waals surface area contributed by atoms with Crippen LogP contribution in [0.4, 0.5) is 5.82 Å². The average Bonchev–Trinajstić information content (AvgIpc) is 2.48. The van der Waals surface area contributed by atoms with E-state index in [1.807, 2.05) is 7.05 Å². The molecular weight excluding hydrogens is 252 g/mol. The van der Waals surface area contributed by atoms with Gasteiger partial charge < -0.3 is 10.1 Å². The second kappa shape index (κ2) is 6.99. The molecular formula is C15H26N4O. The highest BCUT2D eigenvalue weighted by atomic mass is 16.5. The Kier molecular flexibility index (Phi) is 5.31. The van der Waals surface area contributed by atoms with Crippen molar-refractivity contribution in [2.45, 2.75) is 39.7 Å². The quantitative estimate of drug-likeness (QED) is 0.894. The van der Waals surface area contributed by atoms with Crippen molar-refractivity contribution >= 4 is 5.82 Å². The highest BCUT2D eigenvalue weighted by Gasteiger charge is 2.25. The van der Waals surface area contributed by atoms with Gasteiger partial charge in [0.05, 0.1) is 6.61 Å². The Balaban J connectivity index is 2.23. The van der Waals surface area contributed by atoms with Gasteiger partial charge in [-0.05, 0) is 26.3 Å². The number of aromatic nitrogens is 2. The van der Waals surface area contributed by atoms with Gasteiger partial charge in [-0.2, -0.15) is 0 Å². The SMILES string of the molecule is CCCN1CCOC(c2nc(CC)c(C)c(NC)n2)C1. The second-order valence-corrected chi connectivity index (χ2v) is 5.27. The van der Waals surface area contributed by atoms with Crippen LogP contribution in [-0.4, -0.2) is 48.2 Å². The lowest BCUT2D eigenvalue weighted by Gasteiger charge is -2.32. The molecule has 5 heteroatoms. The van der Waals surface area contributed by atoms with E-state index >= 15 is 0 Å². The maximum atomic E-state index is 5.88. The van der Waals surface area contributed by atoms with E-state index in [0.29, 0.717) is 0 Å². The number of anilines is 1. The van der Waals surface area contributed by atoms with Gasteiger partial charge in [-0.25, -0.2) is 9.97 Å². The van der Waals surface area contributed by atoms with Crippen LogP contribution in [-0.2, 0) is 11.2 Å². The Bertz CT molecular complexity index is 422. The molecule has 1 saturated heterocycles. The lowest BCUT2D eigenvalue weighted by Crippen LogP contribution is -2.39. The molecule has 0 aliphatic carbocycles. The number of nitrogens with one attached hydrogen (secondary N) is 1. The fourth-order valence-corrected chi connectivity index (χ4v) is 2.69. The average molecular weight is 278 g/mol. The summed E-state index contributed by atoms with van der Waals surface area (Å²) in [5.41, 5.74) is 2.25. The number of rotatable bonds is 5. The summed E-state index contributed by atoms with van der Waals surface area (Å²) in [6.07, 6.45) is 2.08. The first-order chi connectivity index (χ1) is 9.69. The van der Waals surface area contributed by atoms with Crippen LogP contribution in [0.5, 0.6) is 0 Å². The molecule has 1 fully saturated rings. The lowest BCUT2D eigenvalue weighted by atomic mass is 10.1. The fourth-order valence-electron chi connectivity index (χ4n) is 2.69. The summed E-state index contributed by atoms with van der Waals surface area (Å²) in [6, 6.07) is 0. The minimum Gasteiger partial charge on any atom is -0.373 e. The molecule has 112 valence electrons. The summed E-state index contributed by atoms with van der Waals surface area (Å²) < 4.78 is 5.88. The van der Waals surface area contributed by atoms with Gasteiger partial charge >= 0.3 is 0 Å². The molecule has 5 nitrogen and oxygen atoms in total. The Morgan fingerprint density at radius 1 is 1.35 bits per heavy atom. The van der Waals surface area contributed by atoms with Crippen molar-refractivity contribution in [3.05, 3.63) is 17.1 Å². The molecule has 1 aliphatic heterocycles. The van der Waals surface area contributed by atoms with Crippen molar-refractivity contribution < 1.29 is 4.74 Å². The van der Waals surface area contributed by atoms with E-state index in [1.54, 1.807) is 0 Å². The van der Waals surface area contributed by atoms with E-state index in [4.69, 9.17) is 9.72 Å². The highest BCUT2D eigenvalue weighted by molar-refractivity contribution is 5.45. The summed E-state index contributed by atoms with van der Waals surface area (Å²) in [4.78, 5) is 11.8. The van der Waals surface area contributed by atoms with Gasteiger partial charge in [0, 0.05) is 31.4 Å². The van der Waals surface area contributed by atoms with Crippen LogP contribution in [0.2, 0.25) is 0 Å². The first-order valence-electron chi connectivity index (χ1n) is 7.58. The van der Waals surface area contributed by atoms with Crippen molar-refractivity contribution in [2.75, 3.05) is 38.6 Å². The van der Waals surface area contributed by atoms with Crippen molar-refractivity contribution in [3.63, 3.8) is 0 Å². The normalized spacial score (nSPS) is 20.1. The first kappa shape index (κ1) is 15.2. The van der Waals surface area contributed by atoms with Crippen LogP contribution >= 0.6 is 0 Å². The Hall–Kier alpha value is -1.20. The standard InChI is InChI=1S/C15H26N4O/c1-5-7-19-8-9-20-13(10-19)15-17-12(6-2)11(3)14(16-4)18-15/h13H,5-10H2,1-4H3,(H,16,17,18). The van der Waals surface area contributed by atoms with Gasteiger partial charge in [-0.3, -0.25) is 4.90 Å². The Labute approximate surface area is 121 Å². The molecule has 1 unspecified atom stereocenters. The number of ether oxygens (including phenoxy) is 1. The largest absolute Gasteiger partial charge is 0.373 e. The summed E-state index contributed by atoms with van der Waals surface area (Å²) >= 11 is 0. The summed E-state index contributed by atoms with van der Waals surface area (Å²) in [5, 5.41) is 3.17. The van der Waals surface area contributed by atoms with Gasteiger partial charge in [0.15, 0.2) is 5.82 Å². The first-order valence-corrected chi connectivity index (χ1v) is 7.58. The van der Waals surface area contributed by atoms with E-state index in [1.165, 1.54) is 6.42 Å². The second-order valence-electron chi connectivity index (χ2n) is 5.27. The smallest absolute Gasteiger partial charge is 0.161 e. The zero-order valence-corrected chi connectivity index (χ0v) is 13.1. The predicted molar refractivity (Wildman–Crippen MR) is 81.1 cm³/mol. The van der Waals surface area contributed by atoms with E-state index in [9.17, 15) is 0 Å². The van der Waals surface area contributed by atoms with Crippen molar-refractivity contribution in [1.82, 2.24) is 14.9 Å². The van der Waals surface area contributed by atoms with Crippen LogP contribution in [0, 0.1) is 6.92 Å². The number of hydrogen-bond acceptors (Lipinski definition) is 5.